The van der Waals surface area contributed by atoms with E-state index in [4.69, 9.17) is 0 Å². The number of likely N-dealkylation sites (tertiary alicyclic amines) is 1. The molecule has 1 N–H and O–H groups in total. The number of rotatable bonds is 4. The Morgan fingerprint density at radius 3 is 2.88 bits per heavy atom. The van der Waals surface area contributed by atoms with Crippen molar-refractivity contribution in [2.45, 2.75) is 44.7 Å². The summed E-state index contributed by atoms with van der Waals surface area (Å²) in [6.07, 6.45) is 7.29. The standard InChI is InChI=1S/C16H24N8O/c1-2-6-23-7-3-13-15(18-11-17-13)16(23)4-8-22(9-5-16)14(25)10-24-12-19-20-21-24/h11-12H,2-10H2,1H3,(H,17,18). The number of carbonyl (C=O) groups excluding carboxylic acids is 1. The van der Waals surface area contributed by atoms with Gasteiger partial charge in [-0.25, -0.2) is 9.67 Å². The van der Waals surface area contributed by atoms with Crippen molar-refractivity contribution in [2.75, 3.05) is 26.2 Å². The summed E-state index contributed by atoms with van der Waals surface area (Å²) in [5, 5.41) is 10.9. The van der Waals surface area contributed by atoms with Gasteiger partial charge >= 0.3 is 0 Å². The number of aromatic nitrogens is 6. The average molecular weight is 344 g/mol. The van der Waals surface area contributed by atoms with Crippen LogP contribution in [0.3, 0.4) is 0 Å². The number of fused-ring (bicyclic) bond motifs is 2. The van der Waals surface area contributed by atoms with Crippen molar-refractivity contribution < 1.29 is 4.79 Å². The number of H-pyrrole nitrogens is 1. The molecule has 4 heterocycles. The number of tetrazole rings is 1. The van der Waals surface area contributed by atoms with Crippen LogP contribution in [0.4, 0.5) is 0 Å². The normalized spacial score (nSPS) is 20.0. The van der Waals surface area contributed by atoms with Crippen molar-refractivity contribution in [1.82, 2.24) is 40.0 Å². The first kappa shape index (κ1) is 16.2. The largest absolute Gasteiger partial charge is 0.348 e. The molecule has 9 nitrogen and oxygen atoms in total. The molecule has 9 heteroatoms. The summed E-state index contributed by atoms with van der Waals surface area (Å²) in [6, 6.07) is 0. The quantitative estimate of drug-likeness (QED) is 0.850. The Hall–Kier alpha value is -2.29. The average Bonchev–Trinajstić information content (AvgIpc) is 3.30. The van der Waals surface area contributed by atoms with Gasteiger partial charge in [0.15, 0.2) is 0 Å². The molecular weight excluding hydrogens is 320 g/mol. The van der Waals surface area contributed by atoms with E-state index in [1.54, 1.807) is 0 Å². The maximum atomic E-state index is 12.5. The van der Waals surface area contributed by atoms with Crippen LogP contribution in [0.25, 0.3) is 0 Å². The second kappa shape index (κ2) is 6.55. The van der Waals surface area contributed by atoms with Gasteiger partial charge < -0.3 is 9.88 Å². The van der Waals surface area contributed by atoms with Crippen molar-refractivity contribution in [1.29, 1.82) is 0 Å². The van der Waals surface area contributed by atoms with Crippen molar-refractivity contribution in [3.63, 3.8) is 0 Å². The third-order valence-corrected chi connectivity index (χ3v) is 5.52. The predicted octanol–water partition coefficient (Wildman–Crippen LogP) is 0.182. The minimum absolute atomic E-state index is 0.0326. The zero-order valence-corrected chi connectivity index (χ0v) is 14.6. The molecule has 2 aliphatic heterocycles. The fourth-order valence-electron chi connectivity index (χ4n) is 4.29. The van der Waals surface area contributed by atoms with Gasteiger partial charge in [-0.3, -0.25) is 9.69 Å². The maximum Gasteiger partial charge on any atom is 0.244 e. The van der Waals surface area contributed by atoms with Gasteiger partial charge in [0.25, 0.3) is 0 Å². The van der Waals surface area contributed by atoms with Gasteiger partial charge in [-0.15, -0.1) is 5.10 Å². The van der Waals surface area contributed by atoms with E-state index in [0.29, 0.717) is 0 Å². The predicted molar refractivity (Wildman–Crippen MR) is 89.5 cm³/mol. The zero-order valence-electron chi connectivity index (χ0n) is 14.6. The number of piperidine rings is 1. The summed E-state index contributed by atoms with van der Waals surface area (Å²) in [4.78, 5) is 25.0. The molecule has 0 bridgehead atoms. The fourth-order valence-corrected chi connectivity index (χ4v) is 4.29. The summed E-state index contributed by atoms with van der Waals surface area (Å²) >= 11 is 0. The van der Waals surface area contributed by atoms with Crippen LogP contribution in [-0.2, 0) is 23.3 Å². The zero-order chi connectivity index (χ0) is 17.3. The van der Waals surface area contributed by atoms with Crippen molar-refractivity contribution >= 4 is 5.91 Å². The van der Waals surface area contributed by atoms with Crippen LogP contribution in [-0.4, -0.2) is 72.1 Å². The van der Waals surface area contributed by atoms with E-state index in [-0.39, 0.29) is 18.0 Å². The van der Waals surface area contributed by atoms with Crippen LogP contribution in [0, 0.1) is 0 Å². The highest BCUT2D eigenvalue weighted by Gasteiger charge is 2.46. The molecule has 25 heavy (non-hydrogen) atoms. The van der Waals surface area contributed by atoms with E-state index in [1.807, 2.05) is 11.2 Å². The Bertz CT molecular complexity index is 716. The number of nitrogens with one attached hydrogen (secondary N) is 1. The molecule has 2 aliphatic rings. The first-order valence-corrected chi connectivity index (χ1v) is 8.99. The molecule has 134 valence electrons. The number of nitrogens with zero attached hydrogens (tertiary/aromatic N) is 7. The number of amides is 1. The molecule has 1 amide bonds. The first-order chi connectivity index (χ1) is 12.2. The molecule has 0 saturated carbocycles. The van der Waals surface area contributed by atoms with Gasteiger partial charge in [-0.05, 0) is 36.2 Å². The van der Waals surface area contributed by atoms with E-state index in [9.17, 15) is 4.79 Å². The molecule has 1 spiro atoms. The second-order valence-electron chi connectivity index (χ2n) is 6.89. The molecule has 0 atom stereocenters. The lowest BCUT2D eigenvalue weighted by atomic mass is 9.78. The Balaban J connectivity index is 1.50. The van der Waals surface area contributed by atoms with Crippen molar-refractivity contribution in [3.05, 3.63) is 24.0 Å². The van der Waals surface area contributed by atoms with Crippen LogP contribution in [0.15, 0.2) is 12.7 Å². The molecule has 0 aliphatic carbocycles. The lowest BCUT2D eigenvalue weighted by Gasteiger charge is -2.50. The van der Waals surface area contributed by atoms with Crippen molar-refractivity contribution in [2.24, 2.45) is 0 Å². The molecule has 1 fully saturated rings. The minimum Gasteiger partial charge on any atom is -0.348 e. The van der Waals surface area contributed by atoms with E-state index in [1.165, 1.54) is 22.4 Å². The van der Waals surface area contributed by atoms with Gasteiger partial charge in [0.2, 0.25) is 5.91 Å². The smallest absolute Gasteiger partial charge is 0.244 e. The molecule has 4 rings (SSSR count). The topological polar surface area (TPSA) is 95.8 Å². The van der Waals surface area contributed by atoms with Crippen LogP contribution < -0.4 is 0 Å². The van der Waals surface area contributed by atoms with Gasteiger partial charge in [0.05, 0.1) is 17.6 Å². The lowest BCUT2D eigenvalue weighted by Crippen LogP contribution is -2.57. The Morgan fingerprint density at radius 2 is 2.16 bits per heavy atom. The van der Waals surface area contributed by atoms with Crippen LogP contribution in [0.2, 0.25) is 0 Å². The number of imidazole rings is 1. The molecule has 0 aromatic carbocycles. The summed E-state index contributed by atoms with van der Waals surface area (Å²) < 4.78 is 1.47. The Morgan fingerprint density at radius 1 is 1.32 bits per heavy atom. The van der Waals surface area contributed by atoms with Crippen LogP contribution >= 0.6 is 0 Å². The Kier molecular flexibility index (Phi) is 4.24. The highest BCUT2D eigenvalue weighted by Crippen LogP contribution is 2.42. The highest BCUT2D eigenvalue weighted by molar-refractivity contribution is 5.76. The molecular formula is C16H24N8O. The van der Waals surface area contributed by atoms with Crippen LogP contribution in [0.5, 0.6) is 0 Å². The van der Waals surface area contributed by atoms with E-state index >= 15 is 0 Å². The first-order valence-electron chi connectivity index (χ1n) is 8.99. The van der Waals surface area contributed by atoms with E-state index in [0.717, 1.165) is 51.9 Å². The minimum atomic E-state index is -0.0326. The van der Waals surface area contributed by atoms with Gasteiger partial charge in [-0.2, -0.15) is 0 Å². The highest BCUT2D eigenvalue weighted by atomic mass is 16.2. The summed E-state index contributed by atoms with van der Waals surface area (Å²) in [5.41, 5.74) is 2.43. The summed E-state index contributed by atoms with van der Waals surface area (Å²) in [6.45, 7) is 6.04. The van der Waals surface area contributed by atoms with Crippen molar-refractivity contribution in [3.8, 4) is 0 Å². The molecule has 0 unspecified atom stereocenters. The monoisotopic (exact) mass is 344 g/mol. The maximum absolute atomic E-state index is 12.5. The number of carbonyl (C=O) groups is 1. The third kappa shape index (κ3) is 2.82. The molecule has 0 radical (unpaired) electrons. The lowest BCUT2D eigenvalue weighted by molar-refractivity contribution is -0.135. The Labute approximate surface area is 146 Å². The number of hydrogen-bond acceptors (Lipinski definition) is 6. The molecule has 2 aromatic rings. The summed E-state index contributed by atoms with van der Waals surface area (Å²) in [5.74, 6) is 0.0715. The second-order valence-corrected chi connectivity index (χ2v) is 6.89. The number of hydrogen-bond donors (Lipinski definition) is 1. The summed E-state index contributed by atoms with van der Waals surface area (Å²) in [7, 11) is 0. The van der Waals surface area contributed by atoms with Gasteiger partial charge in [0.1, 0.15) is 12.9 Å². The third-order valence-electron chi connectivity index (χ3n) is 5.52. The van der Waals surface area contributed by atoms with Gasteiger partial charge in [0, 0.05) is 31.7 Å². The van der Waals surface area contributed by atoms with Crippen LogP contribution in [0.1, 0.15) is 37.6 Å². The van der Waals surface area contributed by atoms with E-state index < -0.39 is 0 Å². The molecule has 2 aromatic heterocycles. The molecule has 1 saturated heterocycles. The van der Waals surface area contributed by atoms with E-state index in [2.05, 4.69) is 37.3 Å². The fraction of sp³-hybridized carbons (Fsp3) is 0.688. The SMILES string of the molecule is CCCN1CCc2[nH]cnc2C12CCN(C(=O)Cn1cnnn1)CC2. The van der Waals surface area contributed by atoms with Gasteiger partial charge in [-0.1, -0.05) is 6.92 Å². The number of aromatic amines is 1.